The summed E-state index contributed by atoms with van der Waals surface area (Å²) in [5.74, 6) is 0. The minimum absolute atomic E-state index is 0.0281. The highest BCUT2D eigenvalue weighted by Gasteiger charge is 2.31. The molecule has 0 amide bonds. The maximum atomic E-state index is 13.3. The molecular formula is C24H30N4O3S. The van der Waals surface area contributed by atoms with E-state index in [0.717, 1.165) is 27.9 Å². The summed E-state index contributed by atoms with van der Waals surface area (Å²) in [6.45, 7) is 10.5. The average Bonchev–Trinajstić information content (AvgIpc) is 2.73. The molecule has 0 bridgehead atoms. The SMILES string of the molecule is Cc1cc(C)c(S(=O)(=O)N2CCN(CCc3c(C)nc4ccccn4c3=O)CC2)c(C)c1. The zero-order valence-corrected chi connectivity index (χ0v) is 19.9. The van der Waals surface area contributed by atoms with Gasteiger partial charge in [-0.3, -0.25) is 9.20 Å². The van der Waals surface area contributed by atoms with Crippen molar-refractivity contribution in [2.45, 2.75) is 39.0 Å². The smallest absolute Gasteiger partial charge is 0.261 e. The quantitative estimate of drug-likeness (QED) is 0.592. The Bertz CT molecular complexity index is 1300. The van der Waals surface area contributed by atoms with E-state index in [4.69, 9.17) is 0 Å². The predicted molar refractivity (Wildman–Crippen MR) is 126 cm³/mol. The van der Waals surface area contributed by atoms with Crippen LogP contribution in [0.15, 0.2) is 46.2 Å². The molecule has 3 heterocycles. The molecule has 1 aliphatic heterocycles. The Morgan fingerprint density at radius 1 is 0.969 bits per heavy atom. The van der Waals surface area contributed by atoms with Gasteiger partial charge < -0.3 is 4.90 Å². The lowest BCUT2D eigenvalue weighted by atomic mass is 10.1. The summed E-state index contributed by atoms with van der Waals surface area (Å²) >= 11 is 0. The summed E-state index contributed by atoms with van der Waals surface area (Å²) in [7, 11) is -3.53. The second kappa shape index (κ2) is 8.77. The van der Waals surface area contributed by atoms with Crippen molar-refractivity contribution in [3.8, 4) is 0 Å². The molecule has 170 valence electrons. The van der Waals surface area contributed by atoms with E-state index in [1.807, 2.05) is 58.0 Å². The van der Waals surface area contributed by atoms with Gasteiger partial charge in [0.2, 0.25) is 10.0 Å². The zero-order chi connectivity index (χ0) is 23.0. The van der Waals surface area contributed by atoms with Crippen molar-refractivity contribution in [3.63, 3.8) is 0 Å². The van der Waals surface area contributed by atoms with Gasteiger partial charge >= 0.3 is 0 Å². The standard InChI is InChI=1S/C24H30N4O3S/c1-17-15-18(2)23(19(3)16-17)32(30,31)27-13-11-26(12-14-27)10-8-21-20(4)25-22-7-5-6-9-28(22)24(21)29/h5-7,9,15-16H,8,10-14H2,1-4H3. The van der Waals surface area contributed by atoms with Crippen LogP contribution in [0.4, 0.5) is 0 Å². The summed E-state index contributed by atoms with van der Waals surface area (Å²) in [5, 5.41) is 0. The second-order valence-electron chi connectivity index (χ2n) is 8.63. The number of benzene rings is 1. The van der Waals surface area contributed by atoms with Crippen LogP contribution >= 0.6 is 0 Å². The third-order valence-electron chi connectivity index (χ3n) is 6.25. The van der Waals surface area contributed by atoms with Gasteiger partial charge in [0.15, 0.2) is 0 Å². The second-order valence-corrected chi connectivity index (χ2v) is 10.5. The Kier molecular flexibility index (Phi) is 6.20. The van der Waals surface area contributed by atoms with Gasteiger partial charge in [0.1, 0.15) is 5.65 Å². The molecule has 8 heteroatoms. The fraction of sp³-hybridized carbons (Fsp3) is 0.417. The Hall–Kier alpha value is -2.55. The topological polar surface area (TPSA) is 75.0 Å². The molecule has 4 rings (SSSR count). The highest BCUT2D eigenvalue weighted by atomic mass is 32.2. The molecule has 0 saturated carbocycles. The lowest BCUT2D eigenvalue weighted by Crippen LogP contribution is -2.49. The van der Waals surface area contributed by atoms with Crippen molar-refractivity contribution in [2.24, 2.45) is 0 Å². The van der Waals surface area contributed by atoms with Crippen molar-refractivity contribution in [3.05, 3.63) is 74.8 Å². The van der Waals surface area contributed by atoms with E-state index >= 15 is 0 Å². The maximum absolute atomic E-state index is 13.3. The summed E-state index contributed by atoms with van der Waals surface area (Å²) in [6, 6.07) is 9.37. The van der Waals surface area contributed by atoms with Gasteiger partial charge in [0.25, 0.3) is 5.56 Å². The van der Waals surface area contributed by atoms with Crippen LogP contribution in [0.25, 0.3) is 5.65 Å². The molecule has 0 radical (unpaired) electrons. The van der Waals surface area contributed by atoms with Crippen molar-refractivity contribution in [2.75, 3.05) is 32.7 Å². The van der Waals surface area contributed by atoms with Gasteiger partial charge in [-0.05, 0) is 57.4 Å². The summed E-state index contributed by atoms with van der Waals surface area (Å²) in [4.78, 5) is 20.1. The Morgan fingerprint density at radius 3 is 2.28 bits per heavy atom. The number of rotatable bonds is 5. The monoisotopic (exact) mass is 454 g/mol. The molecule has 1 saturated heterocycles. The molecule has 7 nitrogen and oxygen atoms in total. The first-order valence-corrected chi connectivity index (χ1v) is 12.4. The van der Waals surface area contributed by atoms with Crippen LogP contribution in [-0.2, 0) is 16.4 Å². The van der Waals surface area contributed by atoms with Crippen molar-refractivity contribution in [1.29, 1.82) is 0 Å². The fourth-order valence-electron chi connectivity index (χ4n) is 4.69. The van der Waals surface area contributed by atoms with Crippen LogP contribution in [0, 0.1) is 27.7 Å². The minimum Gasteiger partial charge on any atom is -0.300 e. The van der Waals surface area contributed by atoms with Crippen LogP contribution in [0.2, 0.25) is 0 Å². The molecule has 1 aliphatic rings. The molecule has 3 aromatic rings. The number of aromatic nitrogens is 2. The summed E-state index contributed by atoms with van der Waals surface area (Å²) in [6.07, 6.45) is 2.34. The van der Waals surface area contributed by atoms with E-state index in [-0.39, 0.29) is 5.56 Å². The van der Waals surface area contributed by atoms with Gasteiger partial charge in [-0.25, -0.2) is 13.4 Å². The molecule has 1 aromatic carbocycles. The van der Waals surface area contributed by atoms with Gasteiger partial charge in [-0.2, -0.15) is 4.31 Å². The van der Waals surface area contributed by atoms with E-state index < -0.39 is 10.0 Å². The normalized spacial score (nSPS) is 16.0. The van der Waals surface area contributed by atoms with Crippen LogP contribution in [0.5, 0.6) is 0 Å². The minimum atomic E-state index is -3.53. The number of nitrogens with zero attached hydrogens (tertiary/aromatic N) is 4. The number of hydrogen-bond donors (Lipinski definition) is 0. The fourth-order valence-corrected chi connectivity index (χ4v) is 6.52. The molecule has 32 heavy (non-hydrogen) atoms. The molecule has 1 fully saturated rings. The molecule has 0 unspecified atom stereocenters. The van der Waals surface area contributed by atoms with Crippen molar-refractivity contribution in [1.82, 2.24) is 18.6 Å². The summed E-state index contributed by atoms with van der Waals surface area (Å²) < 4.78 is 29.8. The summed E-state index contributed by atoms with van der Waals surface area (Å²) in [5.41, 5.74) is 4.76. The first kappa shape index (κ1) is 22.6. The first-order valence-electron chi connectivity index (χ1n) is 11.0. The molecule has 0 N–H and O–H groups in total. The van der Waals surface area contributed by atoms with E-state index in [1.165, 1.54) is 0 Å². The van der Waals surface area contributed by atoms with E-state index in [9.17, 15) is 13.2 Å². The van der Waals surface area contributed by atoms with Gasteiger partial charge in [0.05, 0.1) is 4.90 Å². The van der Waals surface area contributed by atoms with Crippen LogP contribution < -0.4 is 5.56 Å². The number of pyridine rings is 1. The zero-order valence-electron chi connectivity index (χ0n) is 19.1. The number of piperazine rings is 1. The number of fused-ring (bicyclic) bond motifs is 1. The molecule has 2 aromatic heterocycles. The van der Waals surface area contributed by atoms with Crippen molar-refractivity contribution >= 4 is 15.7 Å². The highest BCUT2D eigenvalue weighted by molar-refractivity contribution is 7.89. The van der Waals surface area contributed by atoms with E-state index in [1.54, 1.807) is 14.9 Å². The number of hydrogen-bond acceptors (Lipinski definition) is 5. The highest BCUT2D eigenvalue weighted by Crippen LogP contribution is 2.26. The molecule has 0 spiro atoms. The maximum Gasteiger partial charge on any atom is 0.261 e. The van der Waals surface area contributed by atoms with Gasteiger partial charge in [0, 0.05) is 50.2 Å². The third-order valence-corrected chi connectivity index (χ3v) is 8.45. The van der Waals surface area contributed by atoms with Gasteiger partial charge in [-0.1, -0.05) is 23.8 Å². The first-order chi connectivity index (χ1) is 15.2. The number of aryl methyl sites for hydroxylation is 4. The van der Waals surface area contributed by atoms with Crippen LogP contribution in [-0.4, -0.2) is 59.7 Å². The Balaban J connectivity index is 1.44. The van der Waals surface area contributed by atoms with E-state index in [0.29, 0.717) is 49.7 Å². The van der Waals surface area contributed by atoms with Gasteiger partial charge in [-0.15, -0.1) is 0 Å². The Morgan fingerprint density at radius 2 is 1.62 bits per heavy atom. The lowest BCUT2D eigenvalue weighted by Gasteiger charge is -2.34. The predicted octanol–water partition coefficient (Wildman–Crippen LogP) is 2.48. The van der Waals surface area contributed by atoms with E-state index in [2.05, 4.69) is 9.88 Å². The van der Waals surface area contributed by atoms with Crippen LogP contribution in [0.1, 0.15) is 27.9 Å². The van der Waals surface area contributed by atoms with Crippen LogP contribution in [0.3, 0.4) is 0 Å². The Labute approximate surface area is 189 Å². The molecular weight excluding hydrogens is 424 g/mol. The van der Waals surface area contributed by atoms with Crippen molar-refractivity contribution < 1.29 is 8.42 Å². The average molecular weight is 455 g/mol. The number of sulfonamides is 1. The molecule has 0 aliphatic carbocycles. The third kappa shape index (κ3) is 4.22. The molecule has 0 atom stereocenters. The lowest BCUT2D eigenvalue weighted by molar-refractivity contribution is 0.190. The largest absolute Gasteiger partial charge is 0.300 e.